The van der Waals surface area contributed by atoms with Crippen molar-refractivity contribution >= 4 is 45.4 Å². The summed E-state index contributed by atoms with van der Waals surface area (Å²) in [7, 11) is 0. The van der Waals surface area contributed by atoms with Crippen LogP contribution in [0.15, 0.2) is 118 Å². The minimum absolute atomic E-state index is 0.0163. The summed E-state index contributed by atoms with van der Waals surface area (Å²) in [4.78, 5) is 97.1. The number of carboxylic acids is 1. The fourth-order valence-corrected chi connectivity index (χ4v) is 8.44. The highest BCUT2D eigenvalue weighted by molar-refractivity contribution is 9.10. The van der Waals surface area contributed by atoms with Crippen molar-refractivity contribution in [2.45, 2.75) is 128 Å². The van der Waals surface area contributed by atoms with Crippen molar-refractivity contribution in [2.24, 2.45) is 5.73 Å². The van der Waals surface area contributed by atoms with Crippen LogP contribution in [-0.2, 0) is 32.3 Å². The second kappa shape index (κ2) is 29.8. The van der Waals surface area contributed by atoms with Gasteiger partial charge in [-0.15, -0.1) is 0 Å². The molecule has 8 rings (SSSR count). The molecular weight excluding hydrogens is 1020 g/mol. The van der Waals surface area contributed by atoms with Crippen LogP contribution in [0.5, 0.6) is 0 Å². The number of carbonyl (C=O) groups excluding carboxylic acids is 3. The van der Waals surface area contributed by atoms with Crippen molar-refractivity contribution in [3.63, 3.8) is 0 Å². The lowest BCUT2D eigenvalue weighted by Crippen LogP contribution is -2.46. The number of rotatable bonds is 12. The predicted molar refractivity (Wildman–Crippen MR) is 280 cm³/mol. The third-order valence-corrected chi connectivity index (χ3v) is 12.6. The number of hydrogen-bond acceptors (Lipinski definition) is 14. The Balaban J connectivity index is 0.000000214. The Labute approximate surface area is 436 Å². The van der Waals surface area contributed by atoms with Gasteiger partial charge in [0.05, 0.1) is 18.1 Å². The van der Waals surface area contributed by atoms with Crippen molar-refractivity contribution < 1.29 is 34.1 Å². The molecule has 0 bridgehead atoms. The molecule has 2 aromatic heterocycles. The standard InChI is InChI=1S/C18H20N4O4.C11H12N2O3.C11H14N2O.C7H9BrN2O.C4H9NO2/c1-11-9-19-17(18(26)22(11)10-15(24)25)20-13-7-8-14(23)21-16(13)12-5-3-2-4-6-12;14-10-7-6-9(13(15)16)11(12-10)8-4-2-1-3-5-8;12-9-6-7-10(14)13-11(9)8-4-2-1-3-5-8;1-3-10-5(2)4-9-6(8)7(10)11;1-2-3-4-5(6)7/h2-6,9,13,16H,7-8,10H2,1H3,(H,19,20)(H,21,23)(H,24,25);1-5,9,11H,6-7H2,(H,12,14);1-5,9,11H,6-7,12H2,(H,13,14);4H,3H2,1-2H3;2-4H2,1H3/t13-,16+;2*9-,11+;;/m111../s1. The number of hydrogen-bond donors (Lipinski definition) is 6. The molecular formula is C51H64BrN11O11. The molecule has 3 fully saturated rings. The summed E-state index contributed by atoms with van der Waals surface area (Å²) in [5, 5.41) is 41.1. The smallest absolute Gasteiger partial charge is 0.323 e. The van der Waals surface area contributed by atoms with Gasteiger partial charge in [0, 0.05) is 78.3 Å². The van der Waals surface area contributed by atoms with Gasteiger partial charge in [-0.25, -0.2) is 9.97 Å². The molecule has 5 aromatic rings. The number of nitrogens with zero attached hydrogens (tertiary/aromatic N) is 6. The molecule has 3 saturated heterocycles. The third kappa shape index (κ3) is 18.1. The molecule has 5 heterocycles. The number of aromatic nitrogens is 4. The van der Waals surface area contributed by atoms with Crippen molar-refractivity contribution in [2.75, 3.05) is 11.9 Å². The molecule has 396 valence electrons. The zero-order valence-electron chi connectivity index (χ0n) is 41.7. The molecule has 7 N–H and O–H groups in total. The number of carboxylic acid groups (broad SMARTS) is 1. The first-order valence-corrected chi connectivity index (χ1v) is 24.9. The highest BCUT2D eigenvalue weighted by atomic mass is 79.9. The molecule has 74 heavy (non-hydrogen) atoms. The van der Waals surface area contributed by atoms with Crippen molar-refractivity contribution in [3.05, 3.63) is 177 Å². The lowest BCUT2D eigenvalue weighted by molar-refractivity contribution is -0.529. The highest BCUT2D eigenvalue weighted by Gasteiger charge is 2.38. The van der Waals surface area contributed by atoms with E-state index in [1.807, 2.05) is 99.6 Å². The first-order valence-electron chi connectivity index (χ1n) is 24.1. The van der Waals surface area contributed by atoms with Gasteiger partial charge < -0.3 is 36.7 Å². The summed E-state index contributed by atoms with van der Waals surface area (Å²) >= 11 is 3.08. The van der Waals surface area contributed by atoms with Crippen LogP contribution in [0.4, 0.5) is 5.82 Å². The topological polar surface area (TPSA) is 319 Å². The maximum atomic E-state index is 12.6. The van der Waals surface area contributed by atoms with Gasteiger partial charge in [-0.2, -0.15) is 0 Å². The molecule has 3 aliphatic heterocycles. The normalized spacial score (nSPS) is 19.7. The Hall–Kier alpha value is -7.66. The second-order valence-electron chi connectivity index (χ2n) is 17.4. The fourth-order valence-electron chi connectivity index (χ4n) is 8.12. The van der Waals surface area contributed by atoms with E-state index < -0.39 is 30.2 Å². The van der Waals surface area contributed by atoms with E-state index in [9.17, 15) is 49.0 Å². The largest absolute Gasteiger partial charge is 0.480 e. The number of benzene rings is 3. The van der Waals surface area contributed by atoms with Crippen molar-refractivity contribution in [1.29, 1.82) is 0 Å². The molecule has 23 heteroatoms. The number of aryl methyl sites for hydroxylation is 2. The van der Waals surface area contributed by atoms with Gasteiger partial charge in [-0.1, -0.05) is 97.9 Å². The first kappa shape index (κ1) is 58.9. The third-order valence-electron chi connectivity index (χ3n) is 12.1. The number of nitro groups is 2. The molecule has 3 aromatic carbocycles. The summed E-state index contributed by atoms with van der Waals surface area (Å²) in [6, 6.07) is 26.7. The number of amides is 3. The van der Waals surface area contributed by atoms with Crippen LogP contribution in [0.3, 0.4) is 0 Å². The molecule has 0 unspecified atom stereocenters. The first-order chi connectivity index (χ1) is 35.3. The summed E-state index contributed by atoms with van der Waals surface area (Å²) in [6.45, 7) is 7.75. The molecule has 3 amide bonds. The van der Waals surface area contributed by atoms with Crippen LogP contribution in [0.2, 0.25) is 0 Å². The molecule has 22 nitrogen and oxygen atoms in total. The van der Waals surface area contributed by atoms with Crippen LogP contribution in [0, 0.1) is 34.1 Å². The minimum Gasteiger partial charge on any atom is -0.480 e. The van der Waals surface area contributed by atoms with Crippen LogP contribution < -0.4 is 38.1 Å². The van der Waals surface area contributed by atoms with Gasteiger partial charge in [-0.3, -0.25) is 53.6 Å². The van der Waals surface area contributed by atoms with Crippen LogP contribution >= 0.6 is 15.9 Å². The van der Waals surface area contributed by atoms with E-state index in [-0.39, 0.29) is 76.1 Å². The molecule has 0 radical (unpaired) electrons. The van der Waals surface area contributed by atoms with Gasteiger partial charge >= 0.3 is 5.97 Å². The monoisotopic (exact) mass is 1090 g/mol. The molecule has 6 atom stereocenters. The number of carbonyl (C=O) groups is 4. The lowest BCUT2D eigenvalue weighted by atomic mass is 9.92. The Morgan fingerprint density at radius 3 is 1.68 bits per heavy atom. The van der Waals surface area contributed by atoms with Gasteiger partial charge in [0.1, 0.15) is 12.6 Å². The molecule has 0 aliphatic carbocycles. The fraction of sp³-hybridized carbons (Fsp3) is 0.412. The average molecular weight is 1090 g/mol. The number of unbranched alkanes of at least 4 members (excludes halogenated alkanes) is 1. The maximum absolute atomic E-state index is 12.6. The van der Waals surface area contributed by atoms with Gasteiger partial charge in [0.15, 0.2) is 10.4 Å². The number of anilines is 1. The summed E-state index contributed by atoms with van der Waals surface area (Å²) in [5.41, 5.74) is 9.57. The van der Waals surface area contributed by atoms with E-state index >= 15 is 0 Å². The van der Waals surface area contributed by atoms with Crippen LogP contribution in [-0.4, -0.2) is 82.4 Å². The number of halogens is 1. The Bertz CT molecular complexity index is 2780. The summed E-state index contributed by atoms with van der Waals surface area (Å²) in [6.07, 6.45) is 7.48. The number of nitrogens with two attached hydrogens (primary N) is 1. The minimum atomic E-state index is -1.10. The molecule has 0 saturated carbocycles. The SMILES string of the molecule is CCCC[N+](=O)[O-].CCn1c(C)cnc(Br)c1=O.Cc1cnc(N[C@@H]2CCC(=O)N[C@H]2c2ccccc2)c(=O)n1CC(=O)O.N[C@@H]1CCC(=O)N[C@H]1c1ccccc1.O=C1CC[C@@H]([N+](=O)[O-])[C@H](c2ccccc2)N1. The van der Waals surface area contributed by atoms with E-state index in [0.717, 1.165) is 39.8 Å². The van der Waals surface area contributed by atoms with E-state index in [4.69, 9.17) is 10.8 Å². The predicted octanol–water partition coefficient (Wildman–Crippen LogP) is 5.71. The molecule has 3 aliphatic rings. The molecule has 0 spiro atoms. The maximum Gasteiger partial charge on any atom is 0.323 e. The average Bonchev–Trinajstić information content (AvgIpc) is 3.39. The zero-order chi connectivity index (χ0) is 54.3. The van der Waals surface area contributed by atoms with E-state index in [1.54, 1.807) is 29.8 Å². The Kier molecular flexibility index (Phi) is 23.7. The van der Waals surface area contributed by atoms with E-state index in [0.29, 0.717) is 48.9 Å². The number of aliphatic carboxylic acids is 1. The summed E-state index contributed by atoms with van der Waals surface area (Å²) in [5.74, 6) is -1.08. The van der Waals surface area contributed by atoms with Crippen LogP contribution in [0.25, 0.3) is 0 Å². The van der Waals surface area contributed by atoms with Gasteiger partial charge in [0.25, 0.3) is 11.1 Å². The van der Waals surface area contributed by atoms with Gasteiger partial charge in [-0.05, 0) is 72.7 Å². The highest BCUT2D eigenvalue weighted by Crippen LogP contribution is 2.27. The van der Waals surface area contributed by atoms with Crippen molar-refractivity contribution in [3.8, 4) is 0 Å². The van der Waals surface area contributed by atoms with Crippen molar-refractivity contribution in [1.82, 2.24) is 35.1 Å². The Morgan fingerprint density at radius 2 is 1.19 bits per heavy atom. The van der Waals surface area contributed by atoms with Crippen LogP contribution in [0.1, 0.15) is 111 Å². The quantitative estimate of drug-likeness (QED) is 0.0644. The summed E-state index contributed by atoms with van der Waals surface area (Å²) < 4.78 is 3.21. The van der Waals surface area contributed by atoms with E-state index in [1.165, 1.54) is 6.20 Å². The second-order valence-corrected chi connectivity index (χ2v) is 18.2. The number of piperidine rings is 3. The van der Waals surface area contributed by atoms with Gasteiger partial charge in [0.2, 0.25) is 30.3 Å². The number of nitrogens with one attached hydrogen (secondary N) is 4. The van der Waals surface area contributed by atoms with E-state index in [2.05, 4.69) is 47.2 Å². The Morgan fingerprint density at radius 1 is 0.716 bits per heavy atom. The lowest BCUT2D eigenvalue weighted by Gasteiger charge is -2.33. The zero-order valence-corrected chi connectivity index (χ0v) is 43.3.